The van der Waals surface area contributed by atoms with Gasteiger partial charge in [-0.3, -0.25) is 9.59 Å². The van der Waals surface area contributed by atoms with E-state index in [1.807, 2.05) is 0 Å². The van der Waals surface area contributed by atoms with E-state index in [1.54, 1.807) is 11.8 Å². The molecule has 2 heterocycles. The third kappa shape index (κ3) is 5.04. The van der Waals surface area contributed by atoms with E-state index < -0.39 is 18.1 Å². The van der Waals surface area contributed by atoms with E-state index in [0.717, 1.165) is 12.8 Å². The Morgan fingerprint density at radius 1 is 1.54 bits per heavy atom. The molecule has 1 aromatic heterocycles. The van der Waals surface area contributed by atoms with E-state index in [0.29, 0.717) is 25.3 Å². The minimum Gasteiger partial charge on any atom is -0.389 e. The van der Waals surface area contributed by atoms with Crippen LogP contribution in [0.15, 0.2) is 10.6 Å². The van der Waals surface area contributed by atoms with Crippen molar-refractivity contribution in [1.29, 1.82) is 0 Å². The number of rotatable bonds is 7. The first-order valence-electron chi connectivity index (χ1n) is 8.29. The fraction of sp³-hybridized carbons (Fsp3) is 0.688. The fourth-order valence-corrected chi connectivity index (χ4v) is 2.54. The van der Waals surface area contributed by atoms with Crippen molar-refractivity contribution >= 4 is 11.8 Å². The van der Waals surface area contributed by atoms with Crippen molar-refractivity contribution in [1.82, 2.24) is 15.4 Å². The number of aryl methyl sites for hydroxylation is 1. The normalized spacial score (nSPS) is 20.9. The number of hydrogen-bond acceptors (Lipinski definition) is 6. The van der Waals surface area contributed by atoms with Crippen molar-refractivity contribution in [3.05, 3.63) is 17.5 Å². The lowest BCUT2D eigenvalue weighted by Gasteiger charge is -2.36. The average Bonchev–Trinajstić information content (AvgIpc) is 3.00. The summed E-state index contributed by atoms with van der Waals surface area (Å²) in [6, 6.07) is 1.12. The summed E-state index contributed by atoms with van der Waals surface area (Å²) in [4.78, 5) is 25.7. The van der Waals surface area contributed by atoms with Crippen LogP contribution in [0.5, 0.6) is 0 Å². The van der Waals surface area contributed by atoms with Gasteiger partial charge in [0.05, 0.1) is 12.1 Å². The van der Waals surface area contributed by atoms with Gasteiger partial charge in [0.15, 0.2) is 5.69 Å². The number of amides is 2. The van der Waals surface area contributed by atoms with E-state index in [4.69, 9.17) is 9.26 Å². The summed E-state index contributed by atoms with van der Waals surface area (Å²) in [7, 11) is 0. The van der Waals surface area contributed by atoms with Gasteiger partial charge >= 0.3 is 0 Å². The first kappa shape index (κ1) is 18.4. The van der Waals surface area contributed by atoms with Crippen molar-refractivity contribution in [2.45, 2.75) is 45.3 Å². The Morgan fingerprint density at radius 2 is 2.33 bits per heavy atom. The first-order chi connectivity index (χ1) is 11.5. The lowest BCUT2D eigenvalue weighted by molar-refractivity contribution is -0.139. The number of aliphatic hydroxyl groups is 1. The second-order valence-corrected chi connectivity index (χ2v) is 6.00. The van der Waals surface area contributed by atoms with Crippen molar-refractivity contribution < 1.29 is 24.0 Å². The number of nitrogens with zero attached hydrogens (tertiary/aromatic N) is 2. The minimum atomic E-state index is -0.824. The van der Waals surface area contributed by atoms with Crippen LogP contribution in [0, 0.1) is 6.92 Å². The molecule has 8 heteroatoms. The molecule has 1 saturated heterocycles. The number of carbonyl (C=O) groups is 2. The summed E-state index contributed by atoms with van der Waals surface area (Å²) >= 11 is 0. The Kier molecular flexibility index (Phi) is 6.74. The molecule has 1 aliphatic heterocycles. The molecule has 1 aromatic rings. The zero-order valence-electron chi connectivity index (χ0n) is 14.2. The molecule has 2 atom stereocenters. The summed E-state index contributed by atoms with van der Waals surface area (Å²) < 4.78 is 10.2. The molecule has 1 aliphatic rings. The number of unbranched alkanes of at least 4 members (excludes halogenated alkanes) is 1. The van der Waals surface area contributed by atoms with Gasteiger partial charge in [0.25, 0.3) is 5.91 Å². The van der Waals surface area contributed by atoms with Crippen molar-refractivity contribution in [3.63, 3.8) is 0 Å². The third-order valence-electron chi connectivity index (χ3n) is 3.98. The molecule has 2 rings (SSSR count). The second-order valence-electron chi connectivity index (χ2n) is 6.00. The van der Waals surface area contributed by atoms with Crippen molar-refractivity contribution in [3.8, 4) is 0 Å². The predicted octanol–water partition coefficient (Wildman–Crippen LogP) is 0.491. The molecule has 1 fully saturated rings. The summed E-state index contributed by atoms with van der Waals surface area (Å²) in [6.07, 6.45) is 1.59. The van der Waals surface area contributed by atoms with E-state index in [2.05, 4.69) is 17.4 Å². The SMILES string of the molecule is CCCCOCC(=O)N1CC[C@@H](NC(=O)c2cc(C)on2)[C@H](O)C1. The number of aromatic nitrogens is 1. The lowest BCUT2D eigenvalue weighted by Crippen LogP contribution is -2.55. The maximum Gasteiger partial charge on any atom is 0.273 e. The highest BCUT2D eigenvalue weighted by Gasteiger charge is 2.31. The van der Waals surface area contributed by atoms with Crippen LogP contribution in [-0.4, -0.2) is 65.4 Å². The third-order valence-corrected chi connectivity index (χ3v) is 3.98. The Balaban J connectivity index is 1.78. The maximum absolute atomic E-state index is 12.0. The van der Waals surface area contributed by atoms with Gasteiger partial charge in [-0.1, -0.05) is 18.5 Å². The summed E-state index contributed by atoms with van der Waals surface area (Å²) in [5.74, 6) is 0.0184. The van der Waals surface area contributed by atoms with E-state index in [9.17, 15) is 14.7 Å². The van der Waals surface area contributed by atoms with Crippen LogP contribution in [0.2, 0.25) is 0 Å². The minimum absolute atomic E-state index is 0.0297. The Morgan fingerprint density at radius 3 is 2.96 bits per heavy atom. The molecular weight excluding hydrogens is 314 g/mol. The van der Waals surface area contributed by atoms with Crippen LogP contribution in [0.4, 0.5) is 0 Å². The smallest absolute Gasteiger partial charge is 0.273 e. The van der Waals surface area contributed by atoms with Crippen LogP contribution >= 0.6 is 0 Å². The van der Waals surface area contributed by atoms with E-state index >= 15 is 0 Å². The van der Waals surface area contributed by atoms with Gasteiger partial charge in [-0.15, -0.1) is 0 Å². The maximum atomic E-state index is 12.0. The first-order valence-corrected chi connectivity index (χ1v) is 8.29. The second kappa shape index (κ2) is 8.79. The van der Waals surface area contributed by atoms with Crippen LogP contribution in [0.3, 0.4) is 0 Å². The average molecular weight is 339 g/mol. The van der Waals surface area contributed by atoms with Crippen LogP contribution < -0.4 is 5.32 Å². The summed E-state index contributed by atoms with van der Waals surface area (Å²) in [6.45, 7) is 5.00. The monoisotopic (exact) mass is 339 g/mol. The molecule has 0 bridgehead atoms. The molecule has 0 unspecified atom stereocenters. The summed E-state index contributed by atoms with van der Waals surface area (Å²) in [5.41, 5.74) is 0.183. The van der Waals surface area contributed by atoms with Crippen molar-refractivity contribution in [2.75, 3.05) is 26.3 Å². The highest BCUT2D eigenvalue weighted by molar-refractivity contribution is 5.92. The standard InChI is InChI=1S/C16H25N3O5/c1-3-4-7-23-10-15(21)19-6-5-12(14(20)9-19)17-16(22)13-8-11(2)24-18-13/h8,12,14,20H,3-7,9-10H2,1-2H3,(H,17,22)/t12-,14-/m1/s1. The fourth-order valence-electron chi connectivity index (χ4n) is 2.54. The lowest BCUT2D eigenvalue weighted by atomic mass is 10.0. The van der Waals surface area contributed by atoms with E-state index in [1.165, 1.54) is 6.07 Å². The van der Waals surface area contributed by atoms with Gasteiger partial charge in [0, 0.05) is 25.8 Å². The van der Waals surface area contributed by atoms with Gasteiger partial charge in [-0.05, 0) is 19.8 Å². The van der Waals surface area contributed by atoms with Gasteiger partial charge in [0.2, 0.25) is 5.91 Å². The van der Waals surface area contributed by atoms with Crippen molar-refractivity contribution in [2.24, 2.45) is 0 Å². The molecular formula is C16H25N3O5. The Hall–Kier alpha value is -1.93. The van der Waals surface area contributed by atoms with Crippen LogP contribution in [0.1, 0.15) is 42.4 Å². The van der Waals surface area contributed by atoms with Crippen LogP contribution in [-0.2, 0) is 9.53 Å². The number of β-amino-alcohol motifs (C(OH)–C–C–N with tert-alkyl or cyclic N) is 1. The quantitative estimate of drug-likeness (QED) is 0.701. The molecule has 0 spiro atoms. The highest BCUT2D eigenvalue weighted by atomic mass is 16.5. The van der Waals surface area contributed by atoms with Gasteiger partial charge in [-0.2, -0.15) is 0 Å². The zero-order chi connectivity index (χ0) is 17.5. The largest absolute Gasteiger partial charge is 0.389 e. The molecule has 134 valence electrons. The molecule has 8 nitrogen and oxygen atoms in total. The van der Waals surface area contributed by atoms with Crippen LogP contribution in [0.25, 0.3) is 0 Å². The molecule has 2 N–H and O–H groups in total. The number of piperidine rings is 1. The molecule has 0 aromatic carbocycles. The topological polar surface area (TPSA) is 105 Å². The van der Waals surface area contributed by atoms with Gasteiger partial charge in [-0.25, -0.2) is 0 Å². The highest BCUT2D eigenvalue weighted by Crippen LogP contribution is 2.13. The Labute approximate surface area is 141 Å². The number of aliphatic hydroxyl groups excluding tert-OH is 1. The van der Waals surface area contributed by atoms with E-state index in [-0.39, 0.29) is 24.8 Å². The molecule has 0 saturated carbocycles. The number of nitrogens with one attached hydrogen (secondary N) is 1. The Bertz CT molecular complexity index is 560. The number of likely N-dealkylation sites (tertiary alicyclic amines) is 1. The molecule has 24 heavy (non-hydrogen) atoms. The molecule has 0 aliphatic carbocycles. The summed E-state index contributed by atoms with van der Waals surface area (Å²) in [5, 5.41) is 16.6. The number of carbonyl (C=O) groups excluding carboxylic acids is 2. The van der Waals surface area contributed by atoms with Gasteiger partial charge < -0.3 is 24.6 Å². The zero-order valence-corrected chi connectivity index (χ0v) is 14.2. The number of ether oxygens (including phenoxy) is 1. The predicted molar refractivity (Wildman–Crippen MR) is 85.4 cm³/mol. The molecule has 0 radical (unpaired) electrons. The van der Waals surface area contributed by atoms with Gasteiger partial charge in [0.1, 0.15) is 12.4 Å². The molecule has 2 amide bonds. The number of hydrogen-bond donors (Lipinski definition) is 2.